The molecule has 2 rings (SSSR count). The minimum atomic E-state index is 0.0746. The average molecular weight is 187 g/mol. The van der Waals surface area contributed by atoms with Crippen molar-refractivity contribution in [1.82, 2.24) is 5.32 Å². The highest BCUT2D eigenvalue weighted by atomic mass is 16.1. The van der Waals surface area contributed by atoms with E-state index in [1.54, 1.807) is 0 Å². The predicted molar refractivity (Wildman–Crippen MR) is 56.8 cm³/mol. The quantitative estimate of drug-likeness (QED) is 0.668. The summed E-state index contributed by atoms with van der Waals surface area (Å²) in [5.74, 6) is 0.0746. The van der Waals surface area contributed by atoms with Gasteiger partial charge in [-0.1, -0.05) is 29.8 Å². The highest BCUT2D eigenvalue weighted by Crippen LogP contribution is 2.14. The monoisotopic (exact) mass is 187 g/mol. The van der Waals surface area contributed by atoms with Crippen LogP contribution in [0.2, 0.25) is 0 Å². The van der Waals surface area contributed by atoms with E-state index in [-0.39, 0.29) is 5.91 Å². The molecular weight excluding hydrogens is 174 g/mol. The van der Waals surface area contributed by atoms with Gasteiger partial charge in [0.05, 0.1) is 0 Å². The Labute approximate surface area is 83.6 Å². The van der Waals surface area contributed by atoms with Crippen LogP contribution in [-0.2, 0) is 4.79 Å². The van der Waals surface area contributed by atoms with Crippen LogP contribution in [0, 0.1) is 6.92 Å². The fourth-order valence-electron chi connectivity index (χ4n) is 1.54. The Kier molecular flexibility index (Phi) is 2.35. The third kappa shape index (κ3) is 1.84. The number of hydrogen-bond donors (Lipinski definition) is 1. The summed E-state index contributed by atoms with van der Waals surface area (Å²) in [4.78, 5) is 11.3. The molecule has 1 amide bonds. The molecule has 1 aromatic carbocycles. The molecule has 1 fully saturated rings. The molecule has 1 saturated heterocycles. The van der Waals surface area contributed by atoms with E-state index in [4.69, 9.17) is 0 Å². The van der Waals surface area contributed by atoms with Crippen LogP contribution in [0.3, 0.4) is 0 Å². The van der Waals surface area contributed by atoms with Crippen molar-refractivity contribution < 1.29 is 4.79 Å². The number of carbonyl (C=O) groups is 1. The molecule has 1 N–H and O–H groups in total. The summed E-state index contributed by atoms with van der Waals surface area (Å²) >= 11 is 0. The molecule has 0 aromatic heterocycles. The Morgan fingerprint density at radius 1 is 1.29 bits per heavy atom. The number of hydrogen-bond acceptors (Lipinski definition) is 1. The van der Waals surface area contributed by atoms with E-state index in [0.717, 1.165) is 24.1 Å². The Bertz CT molecular complexity index is 376. The number of benzene rings is 1. The summed E-state index contributed by atoms with van der Waals surface area (Å²) in [5.41, 5.74) is 3.22. The lowest BCUT2D eigenvalue weighted by Crippen LogP contribution is -2.13. The Balaban J connectivity index is 2.24. The van der Waals surface area contributed by atoms with Crippen LogP contribution >= 0.6 is 0 Å². The van der Waals surface area contributed by atoms with E-state index in [1.807, 2.05) is 18.2 Å². The van der Waals surface area contributed by atoms with Crippen molar-refractivity contribution in [3.8, 4) is 0 Å². The zero-order valence-electron chi connectivity index (χ0n) is 8.21. The van der Waals surface area contributed by atoms with Gasteiger partial charge in [0, 0.05) is 12.1 Å². The van der Waals surface area contributed by atoms with Crippen molar-refractivity contribution >= 4 is 12.0 Å². The standard InChI is InChI=1S/C12H13NO/c1-9-2-4-10(5-3-9)8-11-6-7-13-12(11)14/h2-5,8H,6-7H2,1H3,(H,13,14)/b11-8+. The lowest BCUT2D eigenvalue weighted by atomic mass is 10.1. The number of aryl methyl sites for hydroxylation is 1. The first-order valence-electron chi connectivity index (χ1n) is 4.81. The van der Waals surface area contributed by atoms with Gasteiger partial charge in [0.25, 0.3) is 0 Å². The smallest absolute Gasteiger partial charge is 0.247 e. The predicted octanol–water partition coefficient (Wildman–Crippen LogP) is 1.90. The number of carbonyl (C=O) groups excluding carboxylic acids is 1. The van der Waals surface area contributed by atoms with Gasteiger partial charge in [-0.2, -0.15) is 0 Å². The van der Waals surface area contributed by atoms with Crippen molar-refractivity contribution in [3.05, 3.63) is 41.0 Å². The number of rotatable bonds is 1. The maximum atomic E-state index is 11.3. The van der Waals surface area contributed by atoms with Crippen LogP contribution in [0.5, 0.6) is 0 Å². The maximum Gasteiger partial charge on any atom is 0.247 e. The van der Waals surface area contributed by atoms with Crippen molar-refractivity contribution in [3.63, 3.8) is 0 Å². The molecule has 0 unspecified atom stereocenters. The molecule has 0 radical (unpaired) electrons. The third-order valence-corrected chi connectivity index (χ3v) is 2.39. The van der Waals surface area contributed by atoms with Crippen LogP contribution in [-0.4, -0.2) is 12.5 Å². The second kappa shape index (κ2) is 3.66. The Hall–Kier alpha value is -1.57. The van der Waals surface area contributed by atoms with Gasteiger partial charge in [-0.3, -0.25) is 4.79 Å². The first-order valence-corrected chi connectivity index (χ1v) is 4.81. The van der Waals surface area contributed by atoms with Gasteiger partial charge in [0.1, 0.15) is 0 Å². The first kappa shape index (κ1) is 9.00. The van der Waals surface area contributed by atoms with E-state index >= 15 is 0 Å². The van der Waals surface area contributed by atoms with Crippen LogP contribution in [0.15, 0.2) is 29.8 Å². The van der Waals surface area contributed by atoms with Gasteiger partial charge in [-0.25, -0.2) is 0 Å². The summed E-state index contributed by atoms with van der Waals surface area (Å²) in [6, 6.07) is 8.18. The molecule has 2 nitrogen and oxygen atoms in total. The molecule has 72 valence electrons. The van der Waals surface area contributed by atoms with E-state index in [2.05, 4.69) is 24.4 Å². The maximum absolute atomic E-state index is 11.3. The minimum Gasteiger partial charge on any atom is -0.352 e. The van der Waals surface area contributed by atoms with Crippen molar-refractivity contribution in [1.29, 1.82) is 0 Å². The summed E-state index contributed by atoms with van der Waals surface area (Å²) in [5, 5.41) is 2.79. The van der Waals surface area contributed by atoms with Crippen molar-refractivity contribution in [2.75, 3.05) is 6.54 Å². The SMILES string of the molecule is Cc1ccc(/C=C2\CCNC2=O)cc1. The summed E-state index contributed by atoms with van der Waals surface area (Å²) in [7, 11) is 0. The topological polar surface area (TPSA) is 29.1 Å². The molecular formula is C12H13NO. The first-order chi connectivity index (χ1) is 6.75. The number of nitrogens with one attached hydrogen (secondary N) is 1. The molecule has 0 spiro atoms. The van der Waals surface area contributed by atoms with Gasteiger partial charge in [-0.15, -0.1) is 0 Å². The molecule has 1 heterocycles. The van der Waals surface area contributed by atoms with Gasteiger partial charge in [-0.05, 0) is 25.0 Å². The second-order valence-electron chi connectivity index (χ2n) is 3.59. The molecule has 0 aliphatic carbocycles. The lowest BCUT2D eigenvalue weighted by Gasteiger charge is -1.96. The zero-order chi connectivity index (χ0) is 9.97. The van der Waals surface area contributed by atoms with E-state index in [1.165, 1.54) is 5.56 Å². The number of amides is 1. The fraction of sp³-hybridized carbons (Fsp3) is 0.250. The van der Waals surface area contributed by atoms with E-state index in [9.17, 15) is 4.79 Å². The van der Waals surface area contributed by atoms with Crippen LogP contribution in [0.1, 0.15) is 17.5 Å². The summed E-state index contributed by atoms with van der Waals surface area (Å²) < 4.78 is 0. The normalized spacial score (nSPS) is 18.6. The van der Waals surface area contributed by atoms with Gasteiger partial charge in [0.15, 0.2) is 0 Å². The van der Waals surface area contributed by atoms with Crippen LogP contribution in [0.25, 0.3) is 6.08 Å². The molecule has 0 atom stereocenters. The molecule has 1 aliphatic rings. The highest BCUT2D eigenvalue weighted by Gasteiger charge is 2.15. The van der Waals surface area contributed by atoms with Crippen LogP contribution in [0.4, 0.5) is 0 Å². The van der Waals surface area contributed by atoms with Gasteiger partial charge in [0.2, 0.25) is 5.91 Å². The second-order valence-corrected chi connectivity index (χ2v) is 3.59. The van der Waals surface area contributed by atoms with Crippen molar-refractivity contribution in [2.45, 2.75) is 13.3 Å². The summed E-state index contributed by atoms with van der Waals surface area (Å²) in [6.45, 7) is 2.83. The molecule has 2 heteroatoms. The zero-order valence-corrected chi connectivity index (χ0v) is 8.21. The third-order valence-electron chi connectivity index (χ3n) is 2.39. The Morgan fingerprint density at radius 2 is 2.00 bits per heavy atom. The Morgan fingerprint density at radius 3 is 2.57 bits per heavy atom. The van der Waals surface area contributed by atoms with E-state index in [0.29, 0.717) is 0 Å². The molecule has 0 saturated carbocycles. The van der Waals surface area contributed by atoms with Crippen LogP contribution < -0.4 is 5.32 Å². The van der Waals surface area contributed by atoms with Crippen molar-refractivity contribution in [2.24, 2.45) is 0 Å². The minimum absolute atomic E-state index is 0.0746. The average Bonchev–Trinajstić information content (AvgIpc) is 2.56. The molecule has 14 heavy (non-hydrogen) atoms. The lowest BCUT2D eigenvalue weighted by molar-refractivity contribution is -0.116. The molecule has 1 aromatic rings. The van der Waals surface area contributed by atoms with E-state index < -0.39 is 0 Å². The fourth-order valence-corrected chi connectivity index (χ4v) is 1.54. The molecule has 1 aliphatic heterocycles. The highest BCUT2D eigenvalue weighted by molar-refractivity contribution is 5.99. The van der Waals surface area contributed by atoms with Gasteiger partial charge < -0.3 is 5.32 Å². The summed E-state index contributed by atoms with van der Waals surface area (Å²) in [6.07, 6.45) is 2.80. The van der Waals surface area contributed by atoms with Gasteiger partial charge >= 0.3 is 0 Å². The molecule has 0 bridgehead atoms. The largest absolute Gasteiger partial charge is 0.352 e.